The summed E-state index contributed by atoms with van der Waals surface area (Å²) in [5, 5.41) is 6.04. The molecular weight excluding hydrogens is 336 g/mol. The minimum absolute atomic E-state index is 0.0626. The molecule has 2 saturated carbocycles. The molecule has 2 amide bonds. The fourth-order valence-corrected chi connectivity index (χ4v) is 3.89. The summed E-state index contributed by atoms with van der Waals surface area (Å²) in [6.45, 7) is 2.42. The van der Waals surface area contributed by atoms with Crippen molar-refractivity contribution in [3.8, 4) is 0 Å². The minimum Gasteiger partial charge on any atom is -0.354 e. The van der Waals surface area contributed by atoms with E-state index in [0.717, 1.165) is 12.8 Å². The lowest BCUT2D eigenvalue weighted by Crippen LogP contribution is -2.43. The molecule has 0 aliphatic heterocycles. The van der Waals surface area contributed by atoms with Crippen molar-refractivity contribution in [2.45, 2.75) is 37.6 Å². The highest BCUT2D eigenvalue weighted by molar-refractivity contribution is 5.84. The Morgan fingerprint density at radius 2 is 1.33 bits per heavy atom. The highest BCUT2D eigenvalue weighted by atomic mass is 16.2. The molecule has 4 nitrogen and oxygen atoms in total. The van der Waals surface area contributed by atoms with Gasteiger partial charge in [-0.2, -0.15) is 0 Å². The van der Waals surface area contributed by atoms with Gasteiger partial charge in [0.05, 0.1) is 0 Å². The molecule has 2 aliphatic carbocycles. The van der Waals surface area contributed by atoms with Gasteiger partial charge in [-0.3, -0.25) is 9.59 Å². The Bertz CT molecular complexity index is 806. The standard InChI is InChI=1S/C23H26N2O2/c1-15(25-23(27)21-13-19(21)17-10-6-3-7-11-17)14-24-22(26)20-12-18(20)16-8-4-2-5-9-16/h2-11,15,18-21H,12-14H2,1H3,(H,24,26)(H,25,27)/t15-,18-,19+,20-,21+/m1/s1. The van der Waals surface area contributed by atoms with Crippen LogP contribution in [0.4, 0.5) is 0 Å². The van der Waals surface area contributed by atoms with Crippen LogP contribution in [0.1, 0.15) is 42.7 Å². The monoisotopic (exact) mass is 362 g/mol. The fraction of sp³-hybridized carbons (Fsp3) is 0.391. The molecule has 140 valence electrons. The summed E-state index contributed by atoms with van der Waals surface area (Å²) in [7, 11) is 0. The largest absolute Gasteiger partial charge is 0.354 e. The summed E-state index contributed by atoms with van der Waals surface area (Å²) < 4.78 is 0. The van der Waals surface area contributed by atoms with Crippen molar-refractivity contribution < 1.29 is 9.59 Å². The zero-order valence-corrected chi connectivity index (χ0v) is 15.6. The molecule has 0 heterocycles. The molecule has 0 radical (unpaired) electrons. The van der Waals surface area contributed by atoms with Crippen LogP contribution in [0.2, 0.25) is 0 Å². The van der Waals surface area contributed by atoms with Crippen molar-refractivity contribution in [3.63, 3.8) is 0 Å². The molecule has 2 N–H and O–H groups in total. The number of rotatable bonds is 7. The lowest BCUT2D eigenvalue weighted by atomic mass is 10.1. The molecule has 2 aromatic rings. The topological polar surface area (TPSA) is 58.2 Å². The van der Waals surface area contributed by atoms with Crippen molar-refractivity contribution in [3.05, 3.63) is 71.8 Å². The van der Waals surface area contributed by atoms with Crippen molar-refractivity contribution in [2.24, 2.45) is 11.8 Å². The summed E-state index contributed by atoms with van der Waals surface area (Å²) in [6, 6.07) is 20.3. The van der Waals surface area contributed by atoms with Crippen LogP contribution in [0.25, 0.3) is 0 Å². The average Bonchev–Trinajstić information content (AvgIpc) is 3.60. The summed E-state index contributed by atoms with van der Waals surface area (Å²) in [5.74, 6) is 1.01. The van der Waals surface area contributed by atoms with Gasteiger partial charge in [-0.05, 0) is 42.7 Å². The molecule has 27 heavy (non-hydrogen) atoms. The Hall–Kier alpha value is -2.62. The molecule has 0 spiro atoms. The van der Waals surface area contributed by atoms with Gasteiger partial charge < -0.3 is 10.6 Å². The predicted molar refractivity (Wildman–Crippen MR) is 105 cm³/mol. The highest BCUT2D eigenvalue weighted by Crippen LogP contribution is 2.48. The Labute approximate surface area is 160 Å². The van der Waals surface area contributed by atoms with Crippen LogP contribution >= 0.6 is 0 Å². The van der Waals surface area contributed by atoms with Crippen molar-refractivity contribution in [1.29, 1.82) is 0 Å². The van der Waals surface area contributed by atoms with Crippen molar-refractivity contribution in [1.82, 2.24) is 10.6 Å². The Morgan fingerprint density at radius 1 is 0.852 bits per heavy atom. The summed E-state index contributed by atoms with van der Waals surface area (Å²) in [5.41, 5.74) is 2.47. The van der Waals surface area contributed by atoms with Gasteiger partial charge in [0.15, 0.2) is 0 Å². The van der Waals surface area contributed by atoms with Crippen molar-refractivity contribution >= 4 is 11.8 Å². The molecule has 0 aromatic heterocycles. The minimum atomic E-state index is -0.0626. The van der Waals surface area contributed by atoms with E-state index in [2.05, 4.69) is 34.9 Å². The Morgan fingerprint density at radius 3 is 1.85 bits per heavy atom. The molecule has 5 atom stereocenters. The third-order valence-corrected chi connectivity index (χ3v) is 5.68. The van der Waals surface area contributed by atoms with Crippen LogP contribution in [0.3, 0.4) is 0 Å². The average molecular weight is 362 g/mol. The van der Waals surface area contributed by atoms with Gasteiger partial charge in [-0.15, -0.1) is 0 Å². The first-order valence-corrected chi connectivity index (χ1v) is 9.81. The van der Waals surface area contributed by atoms with Crippen molar-refractivity contribution in [2.75, 3.05) is 6.54 Å². The zero-order chi connectivity index (χ0) is 18.8. The Kier molecular flexibility index (Phi) is 4.97. The maximum Gasteiger partial charge on any atom is 0.224 e. The number of nitrogens with one attached hydrogen (secondary N) is 2. The molecular formula is C23H26N2O2. The van der Waals surface area contributed by atoms with Crippen LogP contribution in [-0.4, -0.2) is 24.4 Å². The normalized spacial score (nSPS) is 26.7. The van der Waals surface area contributed by atoms with Crippen LogP contribution in [0.15, 0.2) is 60.7 Å². The van der Waals surface area contributed by atoms with Gasteiger partial charge in [0.2, 0.25) is 11.8 Å². The zero-order valence-electron chi connectivity index (χ0n) is 15.6. The number of carbonyl (C=O) groups is 2. The van der Waals surface area contributed by atoms with Gasteiger partial charge in [0.1, 0.15) is 0 Å². The number of hydrogen-bond acceptors (Lipinski definition) is 2. The fourth-order valence-electron chi connectivity index (χ4n) is 3.89. The van der Waals surface area contributed by atoms with Gasteiger partial charge in [0.25, 0.3) is 0 Å². The van der Waals surface area contributed by atoms with E-state index < -0.39 is 0 Å². The smallest absolute Gasteiger partial charge is 0.224 e. The SMILES string of the molecule is C[C@H](CNC(=O)[C@@H]1C[C@@H]1c1ccccc1)NC(=O)[C@H]1C[C@H]1c1ccccc1. The van der Waals surface area contributed by atoms with E-state index in [-0.39, 0.29) is 29.7 Å². The quantitative estimate of drug-likeness (QED) is 0.795. The van der Waals surface area contributed by atoms with E-state index in [9.17, 15) is 9.59 Å². The van der Waals surface area contributed by atoms with Gasteiger partial charge >= 0.3 is 0 Å². The van der Waals surface area contributed by atoms with Gasteiger partial charge in [0, 0.05) is 24.4 Å². The molecule has 2 fully saturated rings. The first-order valence-electron chi connectivity index (χ1n) is 9.81. The van der Waals surface area contributed by atoms with Gasteiger partial charge in [-0.1, -0.05) is 60.7 Å². The number of benzene rings is 2. The van der Waals surface area contributed by atoms with Crippen LogP contribution in [-0.2, 0) is 9.59 Å². The maximum absolute atomic E-state index is 12.4. The third kappa shape index (κ3) is 4.21. The molecule has 0 unspecified atom stereocenters. The second kappa shape index (κ2) is 7.55. The number of carbonyl (C=O) groups excluding carboxylic acids is 2. The Balaban J connectivity index is 1.19. The summed E-state index contributed by atoms with van der Waals surface area (Å²) in [6.07, 6.45) is 1.83. The second-order valence-electron chi connectivity index (χ2n) is 7.87. The van der Waals surface area contributed by atoms with Gasteiger partial charge in [-0.25, -0.2) is 0 Å². The predicted octanol–water partition coefficient (Wildman–Crippen LogP) is 3.21. The van der Waals surface area contributed by atoms with E-state index in [1.807, 2.05) is 43.3 Å². The lowest BCUT2D eigenvalue weighted by Gasteiger charge is -2.15. The molecule has 0 saturated heterocycles. The molecule has 2 aromatic carbocycles. The van der Waals surface area contributed by atoms with E-state index >= 15 is 0 Å². The third-order valence-electron chi connectivity index (χ3n) is 5.68. The van der Waals surface area contributed by atoms with Crippen LogP contribution in [0.5, 0.6) is 0 Å². The first kappa shape index (κ1) is 17.8. The molecule has 4 rings (SSSR count). The maximum atomic E-state index is 12.4. The first-order chi connectivity index (χ1) is 13.1. The molecule has 4 heteroatoms. The van der Waals surface area contributed by atoms with E-state index in [1.165, 1.54) is 11.1 Å². The van der Waals surface area contributed by atoms with E-state index in [1.54, 1.807) is 0 Å². The molecule has 0 bridgehead atoms. The van der Waals surface area contributed by atoms with E-state index in [0.29, 0.717) is 18.4 Å². The van der Waals surface area contributed by atoms with Crippen LogP contribution < -0.4 is 10.6 Å². The highest BCUT2D eigenvalue weighted by Gasteiger charge is 2.45. The van der Waals surface area contributed by atoms with Crippen LogP contribution in [0, 0.1) is 11.8 Å². The number of hydrogen-bond donors (Lipinski definition) is 2. The number of amides is 2. The second-order valence-corrected chi connectivity index (χ2v) is 7.87. The lowest BCUT2D eigenvalue weighted by molar-refractivity contribution is -0.124. The summed E-state index contributed by atoms with van der Waals surface area (Å²) in [4.78, 5) is 24.7. The van der Waals surface area contributed by atoms with E-state index in [4.69, 9.17) is 0 Å². The summed E-state index contributed by atoms with van der Waals surface area (Å²) >= 11 is 0. The molecule has 2 aliphatic rings.